The predicted octanol–water partition coefficient (Wildman–Crippen LogP) is 2.88. The zero-order chi connectivity index (χ0) is 15.4. The third-order valence-electron chi connectivity index (χ3n) is 3.08. The van der Waals surface area contributed by atoms with Gasteiger partial charge in [-0.15, -0.1) is 0 Å². The number of carbonyl (C=O) groups excluding carboxylic acids is 1. The van der Waals surface area contributed by atoms with Crippen LogP contribution in [0.1, 0.15) is 35.7 Å². The van der Waals surface area contributed by atoms with Gasteiger partial charge < -0.3 is 10.7 Å². The number of pyridine rings is 1. The average molecular weight is 288 g/mol. The summed E-state index contributed by atoms with van der Waals surface area (Å²) in [5.41, 5.74) is 3.70. The fourth-order valence-electron chi connectivity index (χ4n) is 1.89. The van der Waals surface area contributed by atoms with Crippen LogP contribution in [-0.2, 0) is 0 Å². The topological polar surface area (TPSA) is 80.0 Å². The van der Waals surface area contributed by atoms with Crippen molar-refractivity contribution in [3.63, 3.8) is 0 Å². The second-order valence-electron chi connectivity index (χ2n) is 4.90. The number of benzene rings is 1. The molecule has 1 aromatic heterocycles. The van der Waals surface area contributed by atoms with Crippen LogP contribution in [0.4, 0.5) is 15.9 Å². The minimum atomic E-state index is -0.780. The molecule has 5 nitrogen and oxygen atoms in total. The van der Waals surface area contributed by atoms with Crippen LogP contribution in [0.15, 0.2) is 36.5 Å². The number of hydrogen-bond acceptors (Lipinski definition) is 4. The Labute approximate surface area is 122 Å². The van der Waals surface area contributed by atoms with Crippen molar-refractivity contribution in [3.8, 4) is 0 Å². The van der Waals surface area contributed by atoms with E-state index in [0.717, 1.165) is 5.56 Å². The highest BCUT2D eigenvalue weighted by atomic mass is 19.1. The van der Waals surface area contributed by atoms with Crippen LogP contribution in [-0.4, -0.2) is 10.9 Å². The molecule has 0 atom stereocenters. The third kappa shape index (κ3) is 3.35. The Balaban J connectivity index is 2.24. The van der Waals surface area contributed by atoms with E-state index >= 15 is 0 Å². The Hall–Kier alpha value is -2.47. The minimum Gasteiger partial charge on any atom is -0.322 e. The van der Waals surface area contributed by atoms with E-state index in [9.17, 15) is 9.18 Å². The van der Waals surface area contributed by atoms with Gasteiger partial charge in [0.1, 0.15) is 0 Å². The lowest BCUT2D eigenvalue weighted by atomic mass is 10.0. The maximum absolute atomic E-state index is 14.0. The fraction of sp³-hybridized carbons (Fsp3) is 0.200. The van der Waals surface area contributed by atoms with E-state index in [1.54, 1.807) is 6.07 Å². The number of carbonyl (C=O) groups is 1. The zero-order valence-corrected chi connectivity index (χ0v) is 11.9. The normalized spacial score (nSPS) is 10.5. The van der Waals surface area contributed by atoms with E-state index in [2.05, 4.69) is 29.6 Å². The number of hydrogen-bond donors (Lipinski definition) is 3. The van der Waals surface area contributed by atoms with Gasteiger partial charge in [-0.25, -0.2) is 15.2 Å². The van der Waals surface area contributed by atoms with Crippen molar-refractivity contribution in [3.05, 3.63) is 53.5 Å². The second kappa shape index (κ2) is 6.32. The highest BCUT2D eigenvalue weighted by Crippen LogP contribution is 2.20. The first kappa shape index (κ1) is 14.9. The molecule has 0 radical (unpaired) electrons. The standard InChI is InChI=1S/C15H17FN4O/c1-9(2)10-4-3-5-11(8-10)19-15(21)12-6-7-18-14(20-17)13(12)16/h3-9H,17H2,1-2H3,(H,18,20)(H,19,21). The maximum Gasteiger partial charge on any atom is 0.258 e. The Morgan fingerprint density at radius 2 is 2.10 bits per heavy atom. The monoisotopic (exact) mass is 288 g/mol. The van der Waals surface area contributed by atoms with E-state index in [0.29, 0.717) is 11.6 Å². The van der Waals surface area contributed by atoms with Crippen LogP contribution < -0.4 is 16.6 Å². The molecule has 6 heteroatoms. The first-order chi connectivity index (χ1) is 10.0. The second-order valence-corrected chi connectivity index (χ2v) is 4.90. The summed E-state index contributed by atoms with van der Waals surface area (Å²) >= 11 is 0. The molecule has 4 N–H and O–H groups in total. The molecule has 1 amide bonds. The number of amides is 1. The number of halogens is 1. The summed E-state index contributed by atoms with van der Waals surface area (Å²) in [6.07, 6.45) is 1.32. The van der Waals surface area contributed by atoms with Crippen molar-refractivity contribution in [1.29, 1.82) is 0 Å². The van der Waals surface area contributed by atoms with E-state index in [1.807, 2.05) is 18.2 Å². The SMILES string of the molecule is CC(C)c1cccc(NC(=O)c2ccnc(NN)c2F)c1. The summed E-state index contributed by atoms with van der Waals surface area (Å²) in [5, 5.41) is 2.67. The van der Waals surface area contributed by atoms with E-state index in [-0.39, 0.29) is 11.4 Å². The number of aromatic nitrogens is 1. The van der Waals surface area contributed by atoms with Gasteiger partial charge in [-0.1, -0.05) is 26.0 Å². The molecular weight excluding hydrogens is 271 g/mol. The molecule has 0 saturated heterocycles. The van der Waals surface area contributed by atoms with Gasteiger partial charge in [-0.05, 0) is 29.7 Å². The van der Waals surface area contributed by atoms with Gasteiger partial charge in [0.05, 0.1) is 5.56 Å². The van der Waals surface area contributed by atoms with Gasteiger partial charge in [0, 0.05) is 11.9 Å². The highest BCUT2D eigenvalue weighted by molar-refractivity contribution is 6.04. The van der Waals surface area contributed by atoms with Crippen LogP contribution in [0.3, 0.4) is 0 Å². The molecule has 1 heterocycles. The van der Waals surface area contributed by atoms with Gasteiger partial charge in [-0.3, -0.25) is 4.79 Å². The molecule has 21 heavy (non-hydrogen) atoms. The first-order valence-electron chi connectivity index (χ1n) is 6.55. The summed E-state index contributed by atoms with van der Waals surface area (Å²) < 4.78 is 14.0. The highest BCUT2D eigenvalue weighted by Gasteiger charge is 2.16. The van der Waals surface area contributed by atoms with Crippen molar-refractivity contribution < 1.29 is 9.18 Å². The molecule has 0 aliphatic carbocycles. The number of nitrogen functional groups attached to an aromatic ring is 1. The van der Waals surface area contributed by atoms with Crippen LogP contribution in [0.2, 0.25) is 0 Å². The average Bonchev–Trinajstić information content (AvgIpc) is 2.47. The number of rotatable bonds is 4. The predicted molar refractivity (Wildman–Crippen MR) is 80.5 cm³/mol. The van der Waals surface area contributed by atoms with Gasteiger partial charge >= 0.3 is 0 Å². The summed E-state index contributed by atoms with van der Waals surface area (Å²) in [4.78, 5) is 15.8. The molecule has 0 aliphatic rings. The molecule has 2 rings (SSSR count). The van der Waals surface area contributed by atoms with Gasteiger partial charge in [0.15, 0.2) is 11.6 Å². The lowest BCUT2D eigenvalue weighted by Crippen LogP contribution is -2.17. The summed E-state index contributed by atoms with van der Waals surface area (Å²) in [6, 6.07) is 8.75. The van der Waals surface area contributed by atoms with Crippen molar-refractivity contribution in [2.24, 2.45) is 5.84 Å². The van der Waals surface area contributed by atoms with Crippen molar-refractivity contribution in [2.45, 2.75) is 19.8 Å². The number of anilines is 2. The van der Waals surface area contributed by atoms with Gasteiger partial charge in [0.2, 0.25) is 0 Å². The zero-order valence-electron chi connectivity index (χ0n) is 11.9. The Bertz CT molecular complexity index is 658. The van der Waals surface area contributed by atoms with E-state index < -0.39 is 11.7 Å². The largest absolute Gasteiger partial charge is 0.322 e. The lowest BCUT2D eigenvalue weighted by molar-refractivity contribution is 0.102. The molecule has 110 valence electrons. The molecule has 0 unspecified atom stereocenters. The van der Waals surface area contributed by atoms with Crippen LogP contribution in [0.25, 0.3) is 0 Å². The minimum absolute atomic E-state index is 0.118. The van der Waals surface area contributed by atoms with Gasteiger partial charge in [0.25, 0.3) is 5.91 Å². The molecule has 0 spiro atoms. The van der Waals surface area contributed by atoms with Crippen molar-refractivity contribution >= 4 is 17.4 Å². The first-order valence-corrected chi connectivity index (χ1v) is 6.55. The summed E-state index contributed by atoms with van der Waals surface area (Å²) in [7, 11) is 0. The molecule has 1 aromatic carbocycles. The lowest BCUT2D eigenvalue weighted by Gasteiger charge is -2.10. The number of nitrogens with one attached hydrogen (secondary N) is 2. The summed E-state index contributed by atoms with van der Waals surface area (Å²) in [6.45, 7) is 4.12. The quantitative estimate of drug-likeness (QED) is 0.597. The number of nitrogens with two attached hydrogens (primary N) is 1. The molecular formula is C15H17FN4O. The van der Waals surface area contributed by atoms with E-state index in [1.165, 1.54) is 12.3 Å². The fourth-order valence-corrected chi connectivity index (χ4v) is 1.89. The molecule has 0 fully saturated rings. The van der Waals surface area contributed by atoms with Crippen LogP contribution in [0, 0.1) is 5.82 Å². The third-order valence-corrected chi connectivity index (χ3v) is 3.08. The van der Waals surface area contributed by atoms with Crippen molar-refractivity contribution in [1.82, 2.24) is 4.98 Å². The molecule has 0 bridgehead atoms. The summed E-state index contributed by atoms with van der Waals surface area (Å²) in [5.74, 6) is 3.98. The number of hydrazine groups is 1. The smallest absolute Gasteiger partial charge is 0.258 e. The van der Waals surface area contributed by atoms with Crippen LogP contribution >= 0.6 is 0 Å². The maximum atomic E-state index is 14.0. The van der Waals surface area contributed by atoms with Crippen LogP contribution in [0.5, 0.6) is 0 Å². The molecule has 2 aromatic rings. The Kier molecular flexibility index (Phi) is 4.49. The molecule has 0 aliphatic heterocycles. The Morgan fingerprint density at radius 1 is 1.33 bits per heavy atom. The van der Waals surface area contributed by atoms with Crippen molar-refractivity contribution in [2.75, 3.05) is 10.7 Å². The molecule has 0 saturated carbocycles. The van der Waals surface area contributed by atoms with Gasteiger partial charge in [-0.2, -0.15) is 0 Å². The van der Waals surface area contributed by atoms with E-state index in [4.69, 9.17) is 5.84 Å². The number of nitrogens with zero attached hydrogens (tertiary/aromatic N) is 1. The Morgan fingerprint density at radius 3 is 2.76 bits per heavy atom.